The zero-order valence-electron chi connectivity index (χ0n) is 17.2. The Morgan fingerprint density at radius 2 is 1.94 bits per heavy atom. The van der Waals surface area contributed by atoms with Gasteiger partial charge in [-0.3, -0.25) is 9.78 Å². The van der Waals surface area contributed by atoms with Crippen LogP contribution in [0, 0.1) is 0 Å². The molecule has 0 aliphatic carbocycles. The third kappa shape index (κ3) is 3.74. The molecule has 158 valence electrons. The summed E-state index contributed by atoms with van der Waals surface area (Å²) in [5.41, 5.74) is 3.57. The lowest BCUT2D eigenvalue weighted by Crippen LogP contribution is -2.31. The van der Waals surface area contributed by atoms with E-state index >= 15 is 0 Å². The molecule has 0 saturated carbocycles. The maximum Gasteiger partial charge on any atom is 0.255 e. The largest absolute Gasteiger partial charge is 0.328 e. The number of benzene rings is 2. The number of hydrogen-bond acceptors (Lipinski definition) is 5. The molecule has 2 aromatic carbocycles. The highest BCUT2D eigenvalue weighted by atomic mass is 35.5. The van der Waals surface area contributed by atoms with E-state index < -0.39 is 6.04 Å². The van der Waals surface area contributed by atoms with E-state index in [1.165, 1.54) is 0 Å². The van der Waals surface area contributed by atoms with Crippen molar-refractivity contribution in [3.8, 4) is 11.4 Å². The number of halogens is 1. The Labute approximate surface area is 189 Å². The van der Waals surface area contributed by atoms with Gasteiger partial charge in [0.15, 0.2) is 5.82 Å². The van der Waals surface area contributed by atoms with Crippen LogP contribution in [0.1, 0.15) is 18.5 Å². The average molecular weight is 443 g/mol. The van der Waals surface area contributed by atoms with E-state index in [4.69, 9.17) is 16.7 Å². The molecule has 8 heteroatoms. The first-order valence-electron chi connectivity index (χ1n) is 10.1. The fraction of sp³-hybridized carbons (Fsp3) is 0.0833. The number of fused-ring (bicyclic) bond motifs is 1. The van der Waals surface area contributed by atoms with Gasteiger partial charge < -0.3 is 10.6 Å². The molecule has 0 bridgehead atoms. The summed E-state index contributed by atoms with van der Waals surface area (Å²) in [5.74, 6) is 0.838. The number of pyridine rings is 1. The SMILES string of the molecule is CC1=C(C(=O)Nc2ccccc2)C(c2cccnc2)n2nc(-c3cccc(Cl)c3)nc2N1. The molecule has 1 aliphatic rings. The van der Waals surface area contributed by atoms with Gasteiger partial charge in [-0.1, -0.05) is 48.0 Å². The topological polar surface area (TPSA) is 84.7 Å². The van der Waals surface area contributed by atoms with E-state index in [0.29, 0.717) is 33.8 Å². The lowest BCUT2D eigenvalue weighted by molar-refractivity contribution is -0.113. The summed E-state index contributed by atoms with van der Waals surface area (Å²) in [6.07, 6.45) is 3.44. The minimum Gasteiger partial charge on any atom is -0.328 e. The van der Waals surface area contributed by atoms with Crippen LogP contribution in [0.4, 0.5) is 11.6 Å². The predicted octanol–water partition coefficient (Wildman–Crippen LogP) is 4.92. The van der Waals surface area contributed by atoms with Crippen molar-refractivity contribution in [3.63, 3.8) is 0 Å². The van der Waals surface area contributed by atoms with Crippen molar-refractivity contribution in [2.24, 2.45) is 0 Å². The van der Waals surface area contributed by atoms with Crippen molar-refractivity contribution in [1.29, 1.82) is 0 Å². The predicted molar refractivity (Wildman–Crippen MR) is 124 cm³/mol. The second kappa shape index (κ2) is 8.28. The van der Waals surface area contributed by atoms with Gasteiger partial charge >= 0.3 is 0 Å². The molecule has 5 rings (SSSR count). The zero-order valence-corrected chi connectivity index (χ0v) is 17.9. The molecule has 1 aliphatic heterocycles. The molecule has 7 nitrogen and oxygen atoms in total. The van der Waals surface area contributed by atoms with Gasteiger partial charge in [-0.05, 0) is 42.8 Å². The highest BCUT2D eigenvalue weighted by molar-refractivity contribution is 6.30. The Bertz CT molecular complexity index is 1320. The van der Waals surface area contributed by atoms with Gasteiger partial charge in [-0.15, -0.1) is 5.10 Å². The maximum atomic E-state index is 13.4. The van der Waals surface area contributed by atoms with Crippen molar-refractivity contribution in [1.82, 2.24) is 19.7 Å². The molecule has 3 heterocycles. The highest BCUT2D eigenvalue weighted by Gasteiger charge is 2.34. The van der Waals surface area contributed by atoms with E-state index in [0.717, 1.165) is 11.1 Å². The summed E-state index contributed by atoms with van der Waals surface area (Å²) >= 11 is 6.16. The summed E-state index contributed by atoms with van der Waals surface area (Å²) in [5, 5.41) is 11.6. The Morgan fingerprint density at radius 3 is 2.69 bits per heavy atom. The van der Waals surface area contributed by atoms with Crippen LogP contribution in [0.25, 0.3) is 11.4 Å². The van der Waals surface area contributed by atoms with E-state index in [1.54, 1.807) is 23.1 Å². The Balaban J connectivity index is 1.60. The van der Waals surface area contributed by atoms with E-state index in [2.05, 4.69) is 20.6 Å². The quantitative estimate of drug-likeness (QED) is 0.468. The first-order chi connectivity index (χ1) is 15.6. The molecular weight excluding hydrogens is 424 g/mol. The molecule has 1 unspecified atom stereocenters. The second-order valence-electron chi connectivity index (χ2n) is 7.39. The number of amides is 1. The van der Waals surface area contributed by atoms with Crippen molar-refractivity contribution in [2.75, 3.05) is 10.6 Å². The van der Waals surface area contributed by atoms with E-state index in [9.17, 15) is 4.79 Å². The van der Waals surface area contributed by atoms with Crippen LogP contribution in [-0.2, 0) is 4.79 Å². The number of anilines is 2. The minimum absolute atomic E-state index is 0.222. The maximum absolute atomic E-state index is 13.4. The monoisotopic (exact) mass is 442 g/mol. The van der Waals surface area contributed by atoms with Gasteiger partial charge in [0.05, 0.1) is 5.57 Å². The van der Waals surface area contributed by atoms with Gasteiger partial charge in [-0.25, -0.2) is 4.68 Å². The molecule has 0 radical (unpaired) electrons. The van der Waals surface area contributed by atoms with Crippen molar-refractivity contribution < 1.29 is 4.79 Å². The van der Waals surface area contributed by atoms with Gasteiger partial charge in [-0.2, -0.15) is 4.98 Å². The molecular formula is C24H19ClN6O. The Kier molecular flexibility index (Phi) is 5.17. The lowest BCUT2D eigenvalue weighted by Gasteiger charge is -2.28. The Hall–Kier alpha value is -3.97. The minimum atomic E-state index is -0.496. The number of carbonyl (C=O) groups is 1. The molecule has 4 aromatic rings. The molecule has 0 saturated heterocycles. The van der Waals surface area contributed by atoms with Crippen LogP contribution in [0.2, 0.25) is 5.02 Å². The van der Waals surface area contributed by atoms with E-state index in [-0.39, 0.29) is 5.91 Å². The van der Waals surface area contributed by atoms with Gasteiger partial charge in [0.25, 0.3) is 5.91 Å². The third-order valence-electron chi connectivity index (χ3n) is 5.21. The van der Waals surface area contributed by atoms with E-state index in [1.807, 2.05) is 67.6 Å². The first kappa shape index (κ1) is 20.0. The van der Waals surface area contributed by atoms with Crippen LogP contribution in [0.15, 0.2) is 90.4 Å². The number of allylic oxidation sites excluding steroid dienone is 1. The molecule has 1 amide bonds. The van der Waals surface area contributed by atoms with Crippen molar-refractivity contribution in [3.05, 3.63) is 101 Å². The number of hydrogen-bond donors (Lipinski definition) is 2. The van der Waals surface area contributed by atoms with Gasteiger partial charge in [0.2, 0.25) is 5.95 Å². The fourth-order valence-electron chi connectivity index (χ4n) is 3.76. The summed E-state index contributed by atoms with van der Waals surface area (Å²) < 4.78 is 1.72. The number of para-hydroxylation sites is 1. The standard InChI is InChI=1S/C24H19ClN6O/c1-15-20(23(32)28-19-10-3-2-4-11-19)21(17-8-6-12-26-14-17)31-24(27-15)29-22(30-31)16-7-5-9-18(25)13-16/h2-14,21H,1H3,(H,28,32)(H,27,29,30). The molecule has 2 aromatic heterocycles. The number of aromatic nitrogens is 4. The highest BCUT2D eigenvalue weighted by Crippen LogP contribution is 2.36. The summed E-state index contributed by atoms with van der Waals surface area (Å²) in [6, 6.07) is 20.0. The lowest BCUT2D eigenvalue weighted by atomic mass is 9.96. The molecule has 1 atom stereocenters. The van der Waals surface area contributed by atoms with Crippen LogP contribution >= 0.6 is 11.6 Å². The summed E-state index contributed by atoms with van der Waals surface area (Å²) in [7, 11) is 0. The van der Waals surface area contributed by atoms with Gasteiger partial charge in [0.1, 0.15) is 6.04 Å². The molecule has 32 heavy (non-hydrogen) atoms. The normalized spacial score (nSPS) is 15.1. The molecule has 2 N–H and O–H groups in total. The second-order valence-corrected chi connectivity index (χ2v) is 7.82. The zero-order chi connectivity index (χ0) is 22.1. The van der Waals surface area contributed by atoms with Gasteiger partial charge in [0, 0.05) is 34.4 Å². The first-order valence-corrected chi connectivity index (χ1v) is 10.4. The number of rotatable bonds is 4. The average Bonchev–Trinajstić information content (AvgIpc) is 3.23. The summed E-state index contributed by atoms with van der Waals surface area (Å²) in [6.45, 7) is 1.86. The van der Waals surface area contributed by atoms with Crippen LogP contribution in [-0.4, -0.2) is 25.7 Å². The third-order valence-corrected chi connectivity index (χ3v) is 5.45. The molecule has 0 fully saturated rings. The van der Waals surface area contributed by atoms with Crippen LogP contribution < -0.4 is 10.6 Å². The van der Waals surface area contributed by atoms with Crippen molar-refractivity contribution >= 4 is 29.1 Å². The van der Waals surface area contributed by atoms with Crippen LogP contribution in [0.5, 0.6) is 0 Å². The van der Waals surface area contributed by atoms with Crippen molar-refractivity contribution in [2.45, 2.75) is 13.0 Å². The fourth-order valence-corrected chi connectivity index (χ4v) is 3.95. The number of nitrogens with zero attached hydrogens (tertiary/aromatic N) is 4. The Morgan fingerprint density at radius 1 is 1.09 bits per heavy atom. The number of nitrogens with one attached hydrogen (secondary N) is 2. The number of carbonyl (C=O) groups excluding carboxylic acids is 1. The summed E-state index contributed by atoms with van der Waals surface area (Å²) in [4.78, 5) is 22.3. The van der Waals surface area contributed by atoms with Crippen LogP contribution in [0.3, 0.4) is 0 Å². The molecule has 0 spiro atoms. The smallest absolute Gasteiger partial charge is 0.255 e.